The summed E-state index contributed by atoms with van der Waals surface area (Å²) in [4.78, 5) is 17.6. The summed E-state index contributed by atoms with van der Waals surface area (Å²) in [7, 11) is 0. The number of piperazine rings is 1. The molecule has 1 aliphatic carbocycles. The van der Waals surface area contributed by atoms with Crippen molar-refractivity contribution < 1.29 is 18.0 Å². The van der Waals surface area contributed by atoms with Crippen LogP contribution in [-0.4, -0.2) is 42.5 Å². The van der Waals surface area contributed by atoms with Gasteiger partial charge in [-0.1, -0.05) is 30.3 Å². The van der Waals surface area contributed by atoms with Crippen molar-refractivity contribution in [3.05, 3.63) is 65.2 Å². The maximum Gasteiger partial charge on any atom is 0.416 e. The summed E-state index contributed by atoms with van der Waals surface area (Å²) in [6.07, 6.45) is -2.06. The fourth-order valence-corrected chi connectivity index (χ4v) is 4.88. The average molecular weight is 429 g/mol. The molecule has 0 spiro atoms. The van der Waals surface area contributed by atoms with Gasteiger partial charge in [0.05, 0.1) is 17.5 Å². The molecule has 0 aromatic heterocycles. The van der Waals surface area contributed by atoms with Crippen LogP contribution < -0.4 is 10.2 Å². The van der Waals surface area contributed by atoms with Gasteiger partial charge in [-0.2, -0.15) is 13.2 Å². The van der Waals surface area contributed by atoms with Crippen molar-refractivity contribution in [3.63, 3.8) is 0 Å². The third-order valence-corrected chi connectivity index (χ3v) is 6.63. The molecule has 1 saturated heterocycles. The molecule has 0 radical (unpaired) electrons. The van der Waals surface area contributed by atoms with Crippen LogP contribution in [0.5, 0.6) is 0 Å². The molecule has 5 rings (SSSR count). The first-order valence-corrected chi connectivity index (χ1v) is 10.9. The molecule has 2 aromatic rings. The molecule has 7 heteroatoms. The lowest BCUT2D eigenvalue weighted by Gasteiger charge is -2.49. The van der Waals surface area contributed by atoms with E-state index in [0.29, 0.717) is 18.5 Å². The third kappa shape index (κ3) is 4.28. The predicted octanol–water partition coefficient (Wildman–Crippen LogP) is 3.85. The van der Waals surface area contributed by atoms with Gasteiger partial charge >= 0.3 is 6.18 Å². The molecule has 1 N–H and O–H groups in total. The first-order chi connectivity index (χ1) is 14.9. The fourth-order valence-electron chi connectivity index (χ4n) is 4.88. The molecule has 2 fully saturated rings. The molecule has 3 aliphatic rings. The maximum atomic E-state index is 13.3. The minimum atomic E-state index is -4.38. The Hall–Kier alpha value is -2.54. The second-order valence-electron chi connectivity index (χ2n) is 8.92. The van der Waals surface area contributed by atoms with Crippen LogP contribution in [0.3, 0.4) is 0 Å². The molecule has 2 heterocycles. The molecule has 1 saturated carbocycles. The number of carbonyl (C=O) groups is 1. The number of alkyl halides is 3. The highest BCUT2D eigenvalue weighted by molar-refractivity contribution is 5.82. The Morgan fingerprint density at radius 2 is 1.84 bits per heavy atom. The van der Waals surface area contributed by atoms with E-state index < -0.39 is 11.7 Å². The Morgan fingerprint density at radius 1 is 1.06 bits per heavy atom. The van der Waals surface area contributed by atoms with Gasteiger partial charge in [-0.15, -0.1) is 0 Å². The molecule has 164 valence electrons. The van der Waals surface area contributed by atoms with E-state index in [1.54, 1.807) is 6.07 Å². The van der Waals surface area contributed by atoms with Crippen LogP contribution >= 0.6 is 0 Å². The van der Waals surface area contributed by atoms with Gasteiger partial charge in [0.2, 0.25) is 5.91 Å². The molecule has 4 nitrogen and oxygen atoms in total. The van der Waals surface area contributed by atoms with Crippen molar-refractivity contribution in [3.8, 4) is 0 Å². The van der Waals surface area contributed by atoms with E-state index in [9.17, 15) is 18.0 Å². The third-order valence-electron chi connectivity index (χ3n) is 6.63. The standard InChI is InChI=1S/C24H26F3N3O/c25-24(26,27)18-6-9-21-17(12-18)13-20(23(31)28-19-7-8-19)22-15-29(10-11-30(21)22)14-16-4-2-1-3-5-16/h1-6,9,12,19-20,22H,7-8,10-11,13-15H2,(H,28,31)/t20-,22+/m1/s1. The average Bonchev–Trinajstić information content (AvgIpc) is 3.56. The highest BCUT2D eigenvalue weighted by Crippen LogP contribution is 2.40. The Bertz CT molecular complexity index is 958. The van der Waals surface area contributed by atoms with Gasteiger partial charge in [0, 0.05) is 37.9 Å². The number of hydrogen-bond acceptors (Lipinski definition) is 3. The number of anilines is 1. The molecular weight excluding hydrogens is 403 g/mol. The number of rotatable bonds is 4. The number of fused-ring (bicyclic) bond motifs is 3. The van der Waals surface area contributed by atoms with Crippen LogP contribution in [0.2, 0.25) is 0 Å². The predicted molar refractivity (Wildman–Crippen MR) is 113 cm³/mol. The minimum absolute atomic E-state index is 0.0258. The number of halogens is 3. The maximum absolute atomic E-state index is 13.3. The van der Waals surface area contributed by atoms with Crippen LogP contribution in [0.1, 0.15) is 29.5 Å². The Morgan fingerprint density at radius 3 is 2.55 bits per heavy atom. The zero-order chi connectivity index (χ0) is 21.6. The molecule has 2 aromatic carbocycles. The molecule has 31 heavy (non-hydrogen) atoms. The number of amides is 1. The van der Waals surface area contributed by atoms with E-state index >= 15 is 0 Å². The van der Waals surface area contributed by atoms with Gasteiger partial charge in [-0.25, -0.2) is 0 Å². The quantitative estimate of drug-likeness (QED) is 0.802. The Labute approximate surface area is 180 Å². The SMILES string of the molecule is O=C(NC1CC1)[C@@H]1Cc2cc(C(F)(F)F)ccc2N2CCN(Cc3ccccc3)C[C@@H]12. The van der Waals surface area contributed by atoms with Crippen molar-refractivity contribution in [1.82, 2.24) is 10.2 Å². The monoisotopic (exact) mass is 429 g/mol. The summed E-state index contributed by atoms with van der Waals surface area (Å²) >= 11 is 0. The number of carbonyl (C=O) groups excluding carboxylic acids is 1. The summed E-state index contributed by atoms with van der Waals surface area (Å²) in [5.41, 5.74) is 2.04. The summed E-state index contributed by atoms with van der Waals surface area (Å²) < 4.78 is 39.9. The fraction of sp³-hybridized carbons (Fsp3) is 0.458. The summed E-state index contributed by atoms with van der Waals surface area (Å²) in [5.74, 6) is -0.378. The Balaban J connectivity index is 1.42. The van der Waals surface area contributed by atoms with Crippen molar-refractivity contribution in [2.24, 2.45) is 5.92 Å². The summed E-state index contributed by atoms with van der Waals surface area (Å²) in [5, 5.41) is 3.09. The first-order valence-electron chi connectivity index (χ1n) is 10.9. The van der Waals surface area contributed by atoms with Gasteiger partial charge < -0.3 is 10.2 Å². The lowest BCUT2D eigenvalue weighted by molar-refractivity contribution is -0.137. The van der Waals surface area contributed by atoms with Crippen LogP contribution in [0.15, 0.2) is 48.5 Å². The number of benzene rings is 2. The second kappa shape index (κ2) is 7.86. The van der Waals surface area contributed by atoms with Crippen molar-refractivity contribution in [2.45, 2.75) is 44.1 Å². The largest absolute Gasteiger partial charge is 0.416 e. The minimum Gasteiger partial charge on any atom is -0.365 e. The Kier molecular flexibility index (Phi) is 5.16. The van der Waals surface area contributed by atoms with Crippen LogP contribution in [0.4, 0.5) is 18.9 Å². The zero-order valence-electron chi connectivity index (χ0n) is 17.2. The molecule has 1 amide bonds. The topological polar surface area (TPSA) is 35.6 Å². The van der Waals surface area contributed by atoms with E-state index in [1.165, 1.54) is 11.6 Å². The molecule has 0 bridgehead atoms. The van der Waals surface area contributed by atoms with Gasteiger partial charge in [0.15, 0.2) is 0 Å². The zero-order valence-corrected chi connectivity index (χ0v) is 17.2. The normalized spacial score (nSPS) is 23.8. The highest BCUT2D eigenvalue weighted by Gasteiger charge is 2.43. The van der Waals surface area contributed by atoms with E-state index in [-0.39, 0.29) is 23.9 Å². The summed E-state index contributed by atoms with van der Waals surface area (Å²) in [6, 6.07) is 14.4. The van der Waals surface area contributed by atoms with Crippen LogP contribution in [-0.2, 0) is 23.9 Å². The van der Waals surface area contributed by atoms with E-state index in [0.717, 1.165) is 44.2 Å². The molecule has 0 unspecified atom stereocenters. The first kappa shape index (κ1) is 20.4. The van der Waals surface area contributed by atoms with Gasteiger partial charge in [-0.05, 0) is 48.6 Å². The number of nitrogens with zero attached hydrogens (tertiary/aromatic N) is 2. The lowest BCUT2D eigenvalue weighted by Crippen LogP contribution is -2.61. The van der Waals surface area contributed by atoms with Crippen molar-refractivity contribution in [1.29, 1.82) is 0 Å². The number of nitrogens with one attached hydrogen (secondary N) is 1. The molecule has 2 aliphatic heterocycles. The van der Waals surface area contributed by atoms with E-state index in [2.05, 4.69) is 27.2 Å². The molecule has 2 atom stereocenters. The van der Waals surface area contributed by atoms with Gasteiger partial charge in [-0.3, -0.25) is 9.69 Å². The molecular formula is C24H26F3N3O. The van der Waals surface area contributed by atoms with Gasteiger partial charge in [0.25, 0.3) is 0 Å². The van der Waals surface area contributed by atoms with Crippen molar-refractivity contribution >= 4 is 11.6 Å². The highest BCUT2D eigenvalue weighted by atomic mass is 19.4. The van der Waals surface area contributed by atoms with E-state index in [1.807, 2.05) is 18.2 Å². The second-order valence-corrected chi connectivity index (χ2v) is 8.92. The van der Waals surface area contributed by atoms with Crippen LogP contribution in [0, 0.1) is 5.92 Å². The smallest absolute Gasteiger partial charge is 0.365 e. The van der Waals surface area contributed by atoms with Crippen LogP contribution in [0.25, 0.3) is 0 Å². The van der Waals surface area contributed by atoms with Gasteiger partial charge in [0.1, 0.15) is 0 Å². The lowest BCUT2D eigenvalue weighted by atomic mass is 9.82. The van der Waals surface area contributed by atoms with E-state index in [4.69, 9.17) is 0 Å². The summed E-state index contributed by atoms with van der Waals surface area (Å²) in [6.45, 7) is 3.03. The van der Waals surface area contributed by atoms with Crippen molar-refractivity contribution in [2.75, 3.05) is 24.5 Å². The number of hydrogen-bond donors (Lipinski definition) is 1.